The van der Waals surface area contributed by atoms with Crippen molar-refractivity contribution in [3.05, 3.63) is 95.1 Å². The van der Waals surface area contributed by atoms with Gasteiger partial charge in [0.15, 0.2) is 0 Å². The second kappa shape index (κ2) is 18.2. The molecule has 0 saturated carbocycles. The normalized spacial score (nSPS) is 11.9. The van der Waals surface area contributed by atoms with Gasteiger partial charge >= 0.3 is 23.9 Å². The largest absolute Gasteiger partial charge is 0.462 e. The molecule has 322 valence electrons. The van der Waals surface area contributed by atoms with E-state index in [0.29, 0.717) is 55.6 Å². The number of hydrogen-bond donors (Lipinski definition) is 0. The summed E-state index contributed by atoms with van der Waals surface area (Å²) in [6, 6.07) is 22.9. The molecule has 14 heteroatoms. The summed E-state index contributed by atoms with van der Waals surface area (Å²) < 4.78 is 29.7. The third-order valence-electron chi connectivity index (χ3n) is 10.2. The molecule has 0 amide bonds. The molecule has 0 aliphatic heterocycles. The summed E-state index contributed by atoms with van der Waals surface area (Å²) in [6.45, 7) is 21.7. The molecule has 0 atom stereocenters. The molecule has 62 heavy (non-hydrogen) atoms. The first kappa shape index (κ1) is 45.3. The lowest BCUT2D eigenvalue weighted by Crippen LogP contribution is -2.34. The minimum atomic E-state index is -1.52. The van der Waals surface area contributed by atoms with Crippen LogP contribution in [0.25, 0.3) is 61.9 Å². The zero-order valence-electron chi connectivity index (χ0n) is 36.7. The lowest BCUT2D eigenvalue weighted by atomic mass is 9.90. The van der Waals surface area contributed by atoms with Crippen molar-refractivity contribution in [2.24, 2.45) is 0 Å². The van der Waals surface area contributed by atoms with Crippen LogP contribution < -0.4 is 9.00 Å². The van der Waals surface area contributed by atoms with Gasteiger partial charge in [-0.25, -0.2) is 19.2 Å². The minimum Gasteiger partial charge on any atom is -0.462 e. The molecule has 0 bridgehead atoms. The van der Waals surface area contributed by atoms with Gasteiger partial charge in [-0.1, -0.05) is 63.5 Å². The van der Waals surface area contributed by atoms with E-state index in [4.69, 9.17) is 18.9 Å². The SMILES string of the molecule is CCOC(=O)c1cc(-c2cc3sc([Si](C)(C)C)cc3s2)c(C(=O)OCC)cc1-c1ccc(-c2cc(C(=O)OCC)c(-c3cc4sc([Si](C)(C)C)cc4s3)cc2C(=O)OCC)cc1. The maximum atomic E-state index is 13.8. The quantitative estimate of drug-likeness (QED) is 0.0603. The van der Waals surface area contributed by atoms with Crippen molar-refractivity contribution in [1.82, 2.24) is 0 Å². The van der Waals surface area contributed by atoms with E-state index in [-0.39, 0.29) is 26.4 Å². The van der Waals surface area contributed by atoms with Crippen molar-refractivity contribution in [2.75, 3.05) is 26.4 Å². The summed E-state index contributed by atoms with van der Waals surface area (Å²) in [7, 11) is -3.05. The van der Waals surface area contributed by atoms with Gasteiger partial charge in [-0.15, -0.1) is 45.3 Å². The molecular weight excluding hydrogens is 889 g/mol. The maximum absolute atomic E-state index is 13.8. The van der Waals surface area contributed by atoms with Crippen molar-refractivity contribution in [1.29, 1.82) is 0 Å². The molecule has 0 spiro atoms. The Morgan fingerprint density at radius 3 is 0.952 bits per heavy atom. The van der Waals surface area contributed by atoms with Gasteiger partial charge in [0.2, 0.25) is 0 Å². The molecule has 3 aromatic carbocycles. The van der Waals surface area contributed by atoms with E-state index in [1.54, 1.807) is 97.3 Å². The van der Waals surface area contributed by atoms with E-state index < -0.39 is 40.0 Å². The molecule has 0 N–H and O–H groups in total. The summed E-state index contributed by atoms with van der Waals surface area (Å²) >= 11 is 6.76. The van der Waals surface area contributed by atoms with Gasteiger partial charge in [0.05, 0.1) is 64.8 Å². The Labute approximate surface area is 380 Å². The van der Waals surface area contributed by atoms with E-state index in [9.17, 15) is 19.2 Å². The number of carbonyl (C=O) groups is 4. The average Bonchev–Trinajstić information content (AvgIpc) is 4.01. The summed E-state index contributed by atoms with van der Waals surface area (Å²) in [4.78, 5) is 56.7. The molecule has 7 rings (SSSR count). The minimum absolute atomic E-state index is 0.166. The Hall–Kier alpha value is -4.71. The van der Waals surface area contributed by atoms with Crippen molar-refractivity contribution in [3.63, 3.8) is 0 Å². The Bertz CT molecular complexity index is 2590. The third kappa shape index (κ3) is 9.17. The van der Waals surface area contributed by atoms with E-state index in [0.717, 1.165) is 28.6 Å². The van der Waals surface area contributed by atoms with E-state index in [2.05, 4.69) is 63.5 Å². The third-order valence-corrected chi connectivity index (χ3v) is 22.0. The van der Waals surface area contributed by atoms with E-state index in [1.165, 1.54) is 9.00 Å². The van der Waals surface area contributed by atoms with Crippen LogP contribution in [0.3, 0.4) is 0 Å². The topological polar surface area (TPSA) is 105 Å². The standard InChI is InChI=1S/C48H50O8S4Si2/c1-11-53-45(49)33-21-31(37-23-39-41(57-37)25-43(59-39)61(5,6)7)35(47(51)55-13-3)19-29(33)27-15-17-28(18-16-27)30-20-36(48(52)56-14-4)32(22-34(30)46(50)54-12-2)38-24-40-42(58-38)26-44(60-40)62(8,9)10/h15-26H,11-14H2,1-10H3. The number of fused-ring (bicyclic) bond motifs is 2. The first-order chi connectivity index (χ1) is 29.4. The molecule has 4 heterocycles. The molecular formula is C48H50O8S4Si2. The lowest BCUT2D eigenvalue weighted by molar-refractivity contribution is 0.0513. The van der Waals surface area contributed by atoms with Crippen LogP contribution in [-0.2, 0) is 18.9 Å². The summed E-state index contributed by atoms with van der Waals surface area (Å²) in [5.74, 6) is -2.04. The predicted octanol–water partition coefficient (Wildman–Crippen LogP) is 12.7. The fraction of sp³-hybridized carbons (Fsp3) is 0.292. The molecule has 7 aromatic rings. The van der Waals surface area contributed by atoms with E-state index in [1.807, 2.05) is 24.3 Å². The van der Waals surface area contributed by atoms with Crippen LogP contribution >= 0.6 is 45.3 Å². The van der Waals surface area contributed by atoms with Gasteiger partial charge in [-0.05, 0) is 107 Å². The average molecular weight is 939 g/mol. The van der Waals surface area contributed by atoms with Crippen LogP contribution in [0.1, 0.15) is 69.1 Å². The highest BCUT2D eigenvalue weighted by atomic mass is 32.1. The van der Waals surface area contributed by atoms with Gasteiger partial charge in [0.25, 0.3) is 0 Å². The molecule has 0 aliphatic carbocycles. The molecule has 0 fully saturated rings. The van der Waals surface area contributed by atoms with Crippen LogP contribution in [0, 0.1) is 0 Å². The Kier molecular flexibility index (Phi) is 13.3. The van der Waals surface area contributed by atoms with E-state index >= 15 is 0 Å². The number of ether oxygens (including phenoxy) is 4. The Morgan fingerprint density at radius 1 is 0.403 bits per heavy atom. The van der Waals surface area contributed by atoms with Crippen LogP contribution in [0.5, 0.6) is 0 Å². The Balaban J connectivity index is 1.36. The van der Waals surface area contributed by atoms with Crippen LogP contribution in [0.15, 0.2) is 72.8 Å². The first-order valence-electron chi connectivity index (χ1n) is 20.7. The zero-order chi connectivity index (χ0) is 44.7. The molecule has 4 aromatic heterocycles. The highest BCUT2D eigenvalue weighted by Gasteiger charge is 2.28. The smallest absolute Gasteiger partial charge is 0.338 e. The monoisotopic (exact) mass is 938 g/mol. The molecule has 0 unspecified atom stereocenters. The van der Waals surface area contributed by atoms with Crippen LogP contribution in [-0.4, -0.2) is 66.5 Å². The number of carbonyl (C=O) groups excluding carboxylic acids is 4. The van der Waals surface area contributed by atoms with Gasteiger partial charge in [-0.2, -0.15) is 0 Å². The second-order valence-electron chi connectivity index (χ2n) is 16.7. The van der Waals surface area contributed by atoms with Crippen LogP contribution in [0.2, 0.25) is 39.3 Å². The summed E-state index contributed by atoms with van der Waals surface area (Å²) in [5, 5.41) is 0. The maximum Gasteiger partial charge on any atom is 0.338 e. The van der Waals surface area contributed by atoms with Gasteiger partial charge in [0.1, 0.15) is 0 Å². The van der Waals surface area contributed by atoms with Gasteiger partial charge < -0.3 is 18.9 Å². The van der Waals surface area contributed by atoms with Crippen molar-refractivity contribution in [2.45, 2.75) is 67.0 Å². The number of thiophene rings is 4. The van der Waals surface area contributed by atoms with Crippen molar-refractivity contribution < 1.29 is 38.1 Å². The number of rotatable bonds is 14. The number of benzene rings is 3. The number of hydrogen-bond acceptors (Lipinski definition) is 12. The number of esters is 4. The molecule has 8 nitrogen and oxygen atoms in total. The fourth-order valence-corrected chi connectivity index (χ4v) is 15.9. The lowest BCUT2D eigenvalue weighted by Gasteiger charge is -2.17. The Morgan fingerprint density at radius 2 is 0.677 bits per heavy atom. The zero-order valence-corrected chi connectivity index (χ0v) is 41.9. The highest BCUT2D eigenvalue weighted by molar-refractivity contribution is 7.36. The second-order valence-corrected chi connectivity index (χ2v) is 31.9. The summed E-state index contributed by atoms with van der Waals surface area (Å²) in [5.41, 5.74) is 4.73. The molecule has 0 radical (unpaired) electrons. The molecule has 0 aliphatic rings. The first-order valence-corrected chi connectivity index (χ1v) is 31.0. The molecule has 0 saturated heterocycles. The summed E-state index contributed by atoms with van der Waals surface area (Å²) in [6.07, 6.45) is 0. The van der Waals surface area contributed by atoms with Crippen LogP contribution in [0.4, 0.5) is 0 Å². The van der Waals surface area contributed by atoms with Gasteiger partial charge in [0, 0.05) is 39.7 Å². The van der Waals surface area contributed by atoms with Crippen molar-refractivity contribution in [3.8, 4) is 43.1 Å². The fourth-order valence-electron chi connectivity index (χ4n) is 7.10. The highest BCUT2D eigenvalue weighted by Crippen LogP contribution is 2.43. The van der Waals surface area contributed by atoms with Crippen molar-refractivity contribution >= 4 is 113 Å². The van der Waals surface area contributed by atoms with Gasteiger partial charge in [-0.3, -0.25) is 0 Å². The predicted molar refractivity (Wildman–Crippen MR) is 264 cm³/mol.